The van der Waals surface area contributed by atoms with Gasteiger partial charge in [0.25, 0.3) is 0 Å². The van der Waals surface area contributed by atoms with Crippen molar-refractivity contribution >= 4 is 23.3 Å². The zero-order valence-electron chi connectivity index (χ0n) is 11.2. The third-order valence-corrected chi connectivity index (χ3v) is 4.21. The van der Waals surface area contributed by atoms with Crippen molar-refractivity contribution in [3.8, 4) is 0 Å². The first-order valence-corrected chi connectivity index (χ1v) is 7.16. The smallest absolute Gasteiger partial charge is 0.141 e. The highest BCUT2D eigenvalue weighted by atomic mass is 32.2. The van der Waals surface area contributed by atoms with Crippen LogP contribution in [0.2, 0.25) is 0 Å². The number of hydrogen-bond acceptors (Lipinski definition) is 3. The third kappa shape index (κ3) is 4.30. The van der Waals surface area contributed by atoms with Gasteiger partial charge in [0, 0.05) is 10.1 Å². The SMILES string of the molecule is CCC[C@@H](Sc1ccccc1)C(C(C)=O)C(C)=O. The zero-order chi connectivity index (χ0) is 13.5. The van der Waals surface area contributed by atoms with E-state index in [9.17, 15) is 9.59 Å². The number of Topliss-reactive ketones (excluding diaryl/α,β-unsaturated/α-hetero) is 2. The van der Waals surface area contributed by atoms with Crippen molar-refractivity contribution in [3.63, 3.8) is 0 Å². The van der Waals surface area contributed by atoms with Crippen LogP contribution >= 0.6 is 11.8 Å². The summed E-state index contributed by atoms with van der Waals surface area (Å²) in [5, 5.41) is 0.0485. The molecule has 0 fully saturated rings. The summed E-state index contributed by atoms with van der Waals surface area (Å²) < 4.78 is 0. The van der Waals surface area contributed by atoms with Crippen LogP contribution in [0.4, 0.5) is 0 Å². The molecule has 0 radical (unpaired) electrons. The van der Waals surface area contributed by atoms with Gasteiger partial charge < -0.3 is 0 Å². The molecular weight excluding hydrogens is 244 g/mol. The van der Waals surface area contributed by atoms with Crippen LogP contribution in [0.1, 0.15) is 33.6 Å². The van der Waals surface area contributed by atoms with Gasteiger partial charge in [-0.1, -0.05) is 31.5 Å². The van der Waals surface area contributed by atoms with Gasteiger partial charge in [-0.25, -0.2) is 0 Å². The Morgan fingerprint density at radius 3 is 2.11 bits per heavy atom. The summed E-state index contributed by atoms with van der Waals surface area (Å²) in [5.41, 5.74) is 0. The van der Waals surface area contributed by atoms with Crippen LogP contribution in [0.3, 0.4) is 0 Å². The van der Waals surface area contributed by atoms with E-state index >= 15 is 0 Å². The van der Waals surface area contributed by atoms with Crippen LogP contribution in [0.15, 0.2) is 35.2 Å². The van der Waals surface area contributed by atoms with E-state index in [0.29, 0.717) is 0 Å². The molecule has 0 amide bonds. The number of hydrogen-bond donors (Lipinski definition) is 0. The Kier molecular flexibility index (Phi) is 6.13. The Hall–Kier alpha value is -1.09. The molecule has 2 nitrogen and oxygen atoms in total. The molecule has 1 rings (SSSR count). The average Bonchev–Trinajstić information content (AvgIpc) is 2.29. The van der Waals surface area contributed by atoms with Crippen molar-refractivity contribution < 1.29 is 9.59 Å². The first-order chi connectivity index (χ1) is 8.56. The molecule has 0 aliphatic heterocycles. The van der Waals surface area contributed by atoms with Crippen LogP contribution in [-0.2, 0) is 9.59 Å². The predicted octanol–water partition coefficient (Wildman–Crippen LogP) is 3.74. The number of carbonyl (C=O) groups is 2. The zero-order valence-corrected chi connectivity index (χ0v) is 12.0. The fourth-order valence-corrected chi connectivity index (χ4v) is 3.60. The van der Waals surface area contributed by atoms with E-state index in [1.54, 1.807) is 11.8 Å². The van der Waals surface area contributed by atoms with Gasteiger partial charge in [0.2, 0.25) is 0 Å². The molecule has 1 aromatic rings. The summed E-state index contributed by atoms with van der Waals surface area (Å²) >= 11 is 1.64. The molecule has 0 bridgehead atoms. The van der Waals surface area contributed by atoms with Crippen molar-refractivity contribution in [2.24, 2.45) is 5.92 Å². The number of benzene rings is 1. The molecule has 0 aromatic heterocycles. The third-order valence-electron chi connectivity index (χ3n) is 2.85. The molecule has 1 atom stereocenters. The Morgan fingerprint density at radius 2 is 1.67 bits per heavy atom. The molecule has 0 aliphatic carbocycles. The quantitative estimate of drug-likeness (QED) is 0.555. The fraction of sp³-hybridized carbons (Fsp3) is 0.467. The maximum absolute atomic E-state index is 11.7. The van der Waals surface area contributed by atoms with Gasteiger partial charge in [-0.05, 0) is 32.4 Å². The van der Waals surface area contributed by atoms with E-state index in [-0.39, 0.29) is 16.8 Å². The van der Waals surface area contributed by atoms with Gasteiger partial charge in [0.15, 0.2) is 0 Å². The Morgan fingerprint density at radius 1 is 1.11 bits per heavy atom. The number of ketones is 2. The number of thioether (sulfide) groups is 1. The molecule has 98 valence electrons. The highest BCUT2D eigenvalue weighted by molar-refractivity contribution is 8.00. The lowest BCUT2D eigenvalue weighted by molar-refractivity contribution is -0.130. The second kappa shape index (κ2) is 7.37. The second-order valence-electron chi connectivity index (χ2n) is 4.46. The molecule has 0 aliphatic rings. The minimum absolute atomic E-state index is 0.0237. The van der Waals surface area contributed by atoms with E-state index in [4.69, 9.17) is 0 Å². The van der Waals surface area contributed by atoms with Crippen molar-refractivity contribution in [1.82, 2.24) is 0 Å². The fourth-order valence-electron chi connectivity index (χ4n) is 2.06. The first kappa shape index (κ1) is 15.0. The molecule has 0 N–H and O–H groups in total. The van der Waals surface area contributed by atoms with E-state index in [2.05, 4.69) is 6.92 Å². The predicted molar refractivity (Wildman–Crippen MR) is 75.8 cm³/mol. The van der Waals surface area contributed by atoms with Crippen LogP contribution in [-0.4, -0.2) is 16.8 Å². The van der Waals surface area contributed by atoms with Gasteiger partial charge in [-0.3, -0.25) is 9.59 Å². The summed E-state index contributed by atoms with van der Waals surface area (Å²) in [7, 11) is 0. The summed E-state index contributed by atoms with van der Waals surface area (Å²) in [6.07, 6.45) is 1.85. The van der Waals surface area contributed by atoms with Crippen LogP contribution < -0.4 is 0 Å². The lowest BCUT2D eigenvalue weighted by Crippen LogP contribution is -2.30. The number of carbonyl (C=O) groups excluding carboxylic acids is 2. The maximum Gasteiger partial charge on any atom is 0.141 e. The molecular formula is C15H20O2S. The van der Waals surface area contributed by atoms with E-state index in [1.165, 1.54) is 13.8 Å². The molecule has 0 saturated heterocycles. The molecule has 3 heteroatoms. The van der Waals surface area contributed by atoms with E-state index < -0.39 is 5.92 Å². The summed E-state index contributed by atoms with van der Waals surface area (Å²) in [4.78, 5) is 24.4. The largest absolute Gasteiger partial charge is 0.299 e. The first-order valence-electron chi connectivity index (χ1n) is 6.28. The Bertz CT molecular complexity index is 386. The minimum atomic E-state index is -0.477. The molecule has 0 unspecified atom stereocenters. The van der Waals surface area contributed by atoms with Crippen LogP contribution in [0.25, 0.3) is 0 Å². The van der Waals surface area contributed by atoms with Gasteiger partial charge in [0.05, 0.1) is 5.92 Å². The molecule has 1 aromatic carbocycles. The van der Waals surface area contributed by atoms with Gasteiger partial charge >= 0.3 is 0 Å². The number of rotatable bonds is 7. The summed E-state index contributed by atoms with van der Waals surface area (Å²) in [6, 6.07) is 9.95. The normalized spacial score (nSPS) is 12.4. The monoisotopic (exact) mass is 264 g/mol. The highest BCUT2D eigenvalue weighted by Crippen LogP contribution is 2.32. The molecule has 0 saturated carbocycles. The van der Waals surface area contributed by atoms with Crippen molar-refractivity contribution in [1.29, 1.82) is 0 Å². The van der Waals surface area contributed by atoms with Gasteiger partial charge in [0.1, 0.15) is 11.6 Å². The average molecular weight is 264 g/mol. The maximum atomic E-state index is 11.7. The minimum Gasteiger partial charge on any atom is -0.299 e. The standard InChI is InChI=1S/C15H20O2S/c1-4-8-14(15(11(2)16)12(3)17)18-13-9-6-5-7-10-13/h5-7,9-10,14-15H,4,8H2,1-3H3/t14-/m1/s1. The molecule has 18 heavy (non-hydrogen) atoms. The van der Waals surface area contributed by atoms with E-state index in [1.807, 2.05) is 30.3 Å². The Balaban J connectivity index is 2.87. The highest BCUT2D eigenvalue weighted by Gasteiger charge is 2.29. The lowest BCUT2D eigenvalue weighted by Gasteiger charge is -2.22. The van der Waals surface area contributed by atoms with E-state index in [0.717, 1.165) is 17.7 Å². The van der Waals surface area contributed by atoms with Crippen LogP contribution in [0.5, 0.6) is 0 Å². The van der Waals surface area contributed by atoms with Gasteiger partial charge in [-0.15, -0.1) is 11.8 Å². The van der Waals surface area contributed by atoms with Gasteiger partial charge in [-0.2, -0.15) is 0 Å². The van der Waals surface area contributed by atoms with Crippen molar-refractivity contribution in [2.45, 2.75) is 43.8 Å². The summed E-state index contributed by atoms with van der Waals surface area (Å²) in [6.45, 7) is 5.11. The topological polar surface area (TPSA) is 34.1 Å². The molecule has 0 spiro atoms. The lowest BCUT2D eigenvalue weighted by atomic mass is 9.94. The van der Waals surface area contributed by atoms with Crippen molar-refractivity contribution in [3.05, 3.63) is 30.3 Å². The van der Waals surface area contributed by atoms with Crippen LogP contribution in [0, 0.1) is 5.92 Å². The van der Waals surface area contributed by atoms with Crippen molar-refractivity contribution in [2.75, 3.05) is 0 Å². The Labute approximate surface area is 113 Å². The molecule has 0 heterocycles. The summed E-state index contributed by atoms with van der Waals surface area (Å²) in [5.74, 6) is -0.524. The second-order valence-corrected chi connectivity index (χ2v) is 5.77.